The molecule has 138 valence electrons. The minimum Gasteiger partial charge on any atom is -0.380 e. The lowest BCUT2D eigenvalue weighted by molar-refractivity contribution is 0.0920. The zero-order valence-electron chi connectivity index (χ0n) is 15.2. The lowest BCUT2D eigenvalue weighted by Crippen LogP contribution is -2.35. The quantitative estimate of drug-likeness (QED) is 0.820. The van der Waals surface area contributed by atoms with Crippen molar-refractivity contribution in [2.24, 2.45) is 5.92 Å². The van der Waals surface area contributed by atoms with E-state index in [4.69, 9.17) is 4.74 Å². The highest BCUT2D eigenvalue weighted by Crippen LogP contribution is 2.28. The topological polar surface area (TPSA) is 58.6 Å². The van der Waals surface area contributed by atoms with Gasteiger partial charge in [-0.3, -0.25) is 9.59 Å². The summed E-state index contributed by atoms with van der Waals surface area (Å²) in [5.41, 5.74) is 2.50. The Morgan fingerprint density at radius 2 is 2.04 bits per heavy atom. The second-order valence-electron chi connectivity index (χ2n) is 6.71. The van der Waals surface area contributed by atoms with Gasteiger partial charge < -0.3 is 15.0 Å². The number of nitrogens with zero attached hydrogens (tertiary/aromatic N) is 1. The van der Waals surface area contributed by atoms with Crippen molar-refractivity contribution < 1.29 is 14.3 Å². The van der Waals surface area contributed by atoms with Gasteiger partial charge in [-0.1, -0.05) is 12.1 Å². The van der Waals surface area contributed by atoms with E-state index in [1.54, 1.807) is 6.92 Å². The van der Waals surface area contributed by atoms with Gasteiger partial charge in [0.05, 0.1) is 18.1 Å². The maximum Gasteiger partial charge on any atom is 0.251 e. The third kappa shape index (κ3) is 4.58. The second kappa shape index (κ2) is 8.58. The molecule has 1 atom stereocenters. The van der Waals surface area contributed by atoms with Crippen molar-refractivity contribution >= 4 is 23.0 Å². The van der Waals surface area contributed by atoms with Gasteiger partial charge in [-0.05, 0) is 43.1 Å². The van der Waals surface area contributed by atoms with Gasteiger partial charge in [-0.2, -0.15) is 0 Å². The monoisotopic (exact) mass is 372 g/mol. The van der Waals surface area contributed by atoms with Crippen LogP contribution in [0.15, 0.2) is 35.7 Å². The molecule has 1 aromatic heterocycles. The normalized spacial score (nSPS) is 18.3. The second-order valence-corrected chi connectivity index (χ2v) is 7.63. The first-order chi connectivity index (χ1) is 12.5. The van der Waals surface area contributed by atoms with Crippen LogP contribution in [0.3, 0.4) is 0 Å². The van der Waals surface area contributed by atoms with Crippen molar-refractivity contribution in [1.29, 1.82) is 0 Å². The highest BCUT2D eigenvalue weighted by molar-refractivity contribution is 7.12. The molecule has 3 rings (SSSR count). The first-order valence-electron chi connectivity index (χ1n) is 8.78. The molecule has 0 aliphatic carbocycles. The van der Waals surface area contributed by atoms with E-state index in [2.05, 4.69) is 17.3 Å². The minimum atomic E-state index is -0.0828. The van der Waals surface area contributed by atoms with E-state index in [1.807, 2.05) is 35.7 Å². The number of hydrogen-bond donors (Lipinski definition) is 1. The third-order valence-electron chi connectivity index (χ3n) is 4.54. The number of benzene rings is 1. The number of thiophene rings is 1. The number of hydrogen-bond acceptors (Lipinski definition) is 5. The summed E-state index contributed by atoms with van der Waals surface area (Å²) in [5, 5.41) is 4.92. The predicted molar refractivity (Wildman–Crippen MR) is 104 cm³/mol. The van der Waals surface area contributed by atoms with Crippen molar-refractivity contribution in [3.63, 3.8) is 0 Å². The summed E-state index contributed by atoms with van der Waals surface area (Å²) >= 11 is 1.44. The standard InChI is InChI=1S/C20H24N2O3S/c1-14(23)19-18(7-10-26-19)16-3-5-17(6-4-16)20(24)21-11-15-12-22(2)8-9-25-13-15/h3-7,10,15H,8-9,11-13H2,1-2H3,(H,21,24). The molecule has 26 heavy (non-hydrogen) atoms. The Labute approximate surface area is 158 Å². The van der Waals surface area contributed by atoms with E-state index in [0.717, 1.165) is 35.7 Å². The Kier molecular flexibility index (Phi) is 6.19. The Morgan fingerprint density at radius 3 is 2.77 bits per heavy atom. The summed E-state index contributed by atoms with van der Waals surface area (Å²) in [6.07, 6.45) is 0. The van der Waals surface area contributed by atoms with Crippen LogP contribution in [0.1, 0.15) is 27.0 Å². The van der Waals surface area contributed by atoms with Crippen LogP contribution in [0.25, 0.3) is 11.1 Å². The summed E-state index contributed by atoms with van der Waals surface area (Å²) in [6, 6.07) is 9.35. The first kappa shape index (κ1) is 18.8. The fraction of sp³-hybridized carbons (Fsp3) is 0.400. The van der Waals surface area contributed by atoms with Crippen molar-refractivity contribution in [3.05, 3.63) is 46.2 Å². The Balaban J connectivity index is 1.62. The molecule has 0 radical (unpaired) electrons. The lowest BCUT2D eigenvalue weighted by Gasteiger charge is -2.19. The summed E-state index contributed by atoms with van der Waals surface area (Å²) < 4.78 is 5.58. The molecule has 1 aliphatic heterocycles. The van der Waals surface area contributed by atoms with Crippen molar-refractivity contribution in [1.82, 2.24) is 10.2 Å². The smallest absolute Gasteiger partial charge is 0.251 e. The van der Waals surface area contributed by atoms with Crippen LogP contribution in [0.4, 0.5) is 0 Å². The van der Waals surface area contributed by atoms with Gasteiger partial charge in [-0.15, -0.1) is 11.3 Å². The molecule has 1 unspecified atom stereocenters. The van der Waals surface area contributed by atoms with E-state index in [0.29, 0.717) is 24.6 Å². The molecule has 1 saturated heterocycles. The number of nitrogens with one attached hydrogen (secondary N) is 1. The number of amides is 1. The third-order valence-corrected chi connectivity index (χ3v) is 5.55. The van der Waals surface area contributed by atoms with Gasteiger partial charge in [0.2, 0.25) is 0 Å². The van der Waals surface area contributed by atoms with Gasteiger partial charge in [0, 0.05) is 36.7 Å². The fourth-order valence-corrected chi connectivity index (χ4v) is 3.95. The molecule has 1 aromatic carbocycles. The van der Waals surface area contributed by atoms with Crippen LogP contribution >= 0.6 is 11.3 Å². The summed E-state index contributed by atoms with van der Waals surface area (Å²) in [4.78, 5) is 27.1. The summed E-state index contributed by atoms with van der Waals surface area (Å²) in [6.45, 7) is 5.44. The number of rotatable bonds is 5. The number of carbonyl (C=O) groups is 2. The molecular weight excluding hydrogens is 348 g/mol. The molecule has 1 fully saturated rings. The summed E-state index contributed by atoms with van der Waals surface area (Å²) in [5.74, 6) is 0.280. The average Bonchev–Trinajstić information content (AvgIpc) is 3.04. The SMILES string of the molecule is CC(=O)c1sccc1-c1ccc(C(=O)NCC2COCCN(C)C2)cc1. The van der Waals surface area contributed by atoms with Crippen LogP contribution in [0.2, 0.25) is 0 Å². The molecule has 0 bridgehead atoms. The highest BCUT2D eigenvalue weighted by Gasteiger charge is 2.17. The maximum atomic E-state index is 12.4. The van der Waals surface area contributed by atoms with E-state index in [9.17, 15) is 9.59 Å². The molecule has 5 nitrogen and oxygen atoms in total. The van der Waals surface area contributed by atoms with E-state index in [-0.39, 0.29) is 11.7 Å². The molecule has 2 aromatic rings. The van der Waals surface area contributed by atoms with E-state index >= 15 is 0 Å². The largest absolute Gasteiger partial charge is 0.380 e. The number of Topliss-reactive ketones (excluding diaryl/α,β-unsaturated/α-hetero) is 1. The van der Waals surface area contributed by atoms with Crippen molar-refractivity contribution in [3.8, 4) is 11.1 Å². The van der Waals surface area contributed by atoms with E-state index < -0.39 is 0 Å². The van der Waals surface area contributed by atoms with Crippen molar-refractivity contribution in [2.75, 3.05) is 39.9 Å². The maximum absolute atomic E-state index is 12.4. The van der Waals surface area contributed by atoms with Gasteiger partial charge >= 0.3 is 0 Å². The predicted octanol–water partition coefficient (Wildman–Crippen LogP) is 2.93. The zero-order chi connectivity index (χ0) is 18.5. The molecule has 1 amide bonds. The molecule has 0 spiro atoms. The van der Waals surface area contributed by atoms with Gasteiger partial charge in [-0.25, -0.2) is 0 Å². The van der Waals surface area contributed by atoms with Crippen LogP contribution in [-0.2, 0) is 4.74 Å². The molecule has 1 N–H and O–H groups in total. The van der Waals surface area contributed by atoms with Crippen LogP contribution in [0, 0.1) is 5.92 Å². The van der Waals surface area contributed by atoms with Gasteiger partial charge in [0.25, 0.3) is 5.91 Å². The average molecular weight is 372 g/mol. The number of ether oxygens (including phenoxy) is 1. The minimum absolute atomic E-state index is 0.0624. The number of likely N-dealkylation sites (N-methyl/N-ethyl adjacent to an activating group) is 1. The number of ketones is 1. The Morgan fingerprint density at radius 1 is 1.27 bits per heavy atom. The lowest BCUT2D eigenvalue weighted by atomic mass is 10.0. The van der Waals surface area contributed by atoms with Gasteiger partial charge in [0.1, 0.15) is 0 Å². The van der Waals surface area contributed by atoms with Crippen LogP contribution < -0.4 is 5.32 Å². The number of carbonyl (C=O) groups excluding carboxylic acids is 2. The van der Waals surface area contributed by atoms with Crippen LogP contribution in [-0.4, -0.2) is 56.5 Å². The molecule has 1 aliphatic rings. The first-order valence-corrected chi connectivity index (χ1v) is 9.66. The molecule has 2 heterocycles. The highest BCUT2D eigenvalue weighted by atomic mass is 32.1. The van der Waals surface area contributed by atoms with E-state index in [1.165, 1.54) is 11.3 Å². The van der Waals surface area contributed by atoms with Crippen molar-refractivity contribution in [2.45, 2.75) is 6.92 Å². The van der Waals surface area contributed by atoms with Crippen LogP contribution in [0.5, 0.6) is 0 Å². The Bertz CT molecular complexity index is 770. The zero-order valence-corrected chi connectivity index (χ0v) is 16.0. The molecular formula is C20H24N2O3S. The van der Waals surface area contributed by atoms with Gasteiger partial charge in [0.15, 0.2) is 5.78 Å². The summed E-state index contributed by atoms with van der Waals surface area (Å²) in [7, 11) is 2.07. The molecule has 0 saturated carbocycles. The Hall–Kier alpha value is -2.02. The fourth-order valence-electron chi connectivity index (χ4n) is 3.13. The molecule has 6 heteroatoms.